The molecule has 0 spiro atoms. The second-order valence-electron chi connectivity index (χ2n) is 17.2. The molecule has 21 heteroatoms. The minimum Gasteiger partial charge on any atom is -0.478 e. The molecular formula is C49H57ClF2N6O10S2. The average Bonchev–Trinajstić information content (AvgIpc) is 3.70. The third-order valence-electron chi connectivity index (χ3n) is 10.9. The van der Waals surface area contributed by atoms with E-state index < -0.39 is 55.3 Å². The van der Waals surface area contributed by atoms with Gasteiger partial charge in [0.15, 0.2) is 0 Å². The Balaban J connectivity index is 0.000000306. The number of hydrogen-bond acceptors (Lipinski definition) is 9. The fraction of sp³-hybridized carbons (Fsp3) is 0.286. The number of amides is 1. The zero-order valence-corrected chi connectivity index (χ0v) is 42.5. The van der Waals surface area contributed by atoms with Gasteiger partial charge in [-0.15, -0.1) is 12.4 Å². The van der Waals surface area contributed by atoms with Crippen molar-refractivity contribution in [1.29, 1.82) is 0 Å². The fourth-order valence-electron chi connectivity index (χ4n) is 7.53. The number of nitrogens with two attached hydrogens (primary N) is 1. The maximum Gasteiger partial charge on any atom is 0.407 e. The van der Waals surface area contributed by atoms with Crippen molar-refractivity contribution in [3.63, 3.8) is 0 Å². The van der Waals surface area contributed by atoms with Gasteiger partial charge in [0.25, 0.3) is 0 Å². The molecule has 0 fully saturated rings. The highest BCUT2D eigenvalue weighted by atomic mass is 35.5. The van der Waals surface area contributed by atoms with Crippen LogP contribution in [0.5, 0.6) is 0 Å². The van der Waals surface area contributed by atoms with Crippen molar-refractivity contribution >= 4 is 72.3 Å². The van der Waals surface area contributed by atoms with E-state index in [4.69, 9.17) is 10.5 Å². The van der Waals surface area contributed by atoms with Crippen LogP contribution in [0.3, 0.4) is 0 Å². The predicted molar refractivity (Wildman–Crippen MR) is 269 cm³/mol. The van der Waals surface area contributed by atoms with Crippen LogP contribution in [-0.4, -0.2) is 110 Å². The lowest BCUT2D eigenvalue weighted by Gasteiger charge is -2.19. The number of carboxylic acids is 2. The Hall–Kier alpha value is -6.42. The number of sulfonamides is 2. The molecule has 376 valence electrons. The Labute approximate surface area is 412 Å². The third kappa shape index (κ3) is 12.7. The number of carbonyl (C=O) groups is 3. The van der Waals surface area contributed by atoms with E-state index in [0.29, 0.717) is 55.4 Å². The molecule has 0 saturated heterocycles. The molecule has 0 atom stereocenters. The van der Waals surface area contributed by atoms with Crippen LogP contribution in [0, 0.1) is 13.8 Å². The zero-order chi connectivity index (χ0) is 51.3. The maximum atomic E-state index is 15.0. The van der Waals surface area contributed by atoms with Crippen LogP contribution >= 0.6 is 12.4 Å². The van der Waals surface area contributed by atoms with Gasteiger partial charge in [-0.25, -0.2) is 48.6 Å². The molecule has 2 aromatic heterocycles. The molecule has 6 aromatic rings. The number of carbonyl (C=O) groups excluding carboxylic acids is 1. The molecule has 0 radical (unpaired) electrons. The Morgan fingerprint density at radius 1 is 0.686 bits per heavy atom. The van der Waals surface area contributed by atoms with Gasteiger partial charge in [-0.1, -0.05) is 24.3 Å². The number of ether oxygens (including phenoxy) is 1. The largest absolute Gasteiger partial charge is 0.478 e. The molecule has 4 aromatic carbocycles. The predicted octanol–water partition coefficient (Wildman–Crippen LogP) is 8.74. The lowest BCUT2D eigenvalue weighted by atomic mass is 10.0. The lowest BCUT2D eigenvalue weighted by Crippen LogP contribution is -2.32. The summed E-state index contributed by atoms with van der Waals surface area (Å²) in [6.07, 6.45) is 1.84. The molecule has 0 saturated carbocycles. The van der Waals surface area contributed by atoms with E-state index in [0.717, 1.165) is 8.61 Å². The smallest absolute Gasteiger partial charge is 0.407 e. The number of alkyl carbamates (subject to hydrolysis) is 1. The van der Waals surface area contributed by atoms with E-state index in [1.165, 1.54) is 82.8 Å². The lowest BCUT2D eigenvalue weighted by molar-refractivity contribution is 0.0532. The van der Waals surface area contributed by atoms with E-state index in [9.17, 15) is 50.2 Å². The summed E-state index contributed by atoms with van der Waals surface area (Å²) in [7, 11) is -1.61. The summed E-state index contributed by atoms with van der Waals surface area (Å²) in [5.74, 6) is -3.15. The van der Waals surface area contributed by atoms with Crippen molar-refractivity contribution in [2.75, 3.05) is 41.3 Å². The number of rotatable bonds is 15. The van der Waals surface area contributed by atoms with Gasteiger partial charge in [-0.3, -0.25) is 0 Å². The van der Waals surface area contributed by atoms with Crippen LogP contribution in [0.4, 0.5) is 13.6 Å². The number of fused-ring (bicyclic) bond motifs is 2. The summed E-state index contributed by atoms with van der Waals surface area (Å²) in [4.78, 5) is 35.2. The van der Waals surface area contributed by atoms with Crippen LogP contribution in [0.15, 0.2) is 119 Å². The second-order valence-corrected chi connectivity index (χ2v) is 21.5. The molecule has 1 amide bonds. The van der Waals surface area contributed by atoms with Gasteiger partial charge in [0.2, 0.25) is 20.0 Å². The van der Waals surface area contributed by atoms with Crippen molar-refractivity contribution in [2.45, 2.75) is 63.1 Å². The molecular weight excluding hydrogens is 970 g/mol. The number of hydrogen-bond donors (Lipinski definition) is 4. The summed E-state index contributed by atoms with van der Waals surface area (Å²) >= 11 is 0. The average molecular weight is 1030 g/mol. The van der Waals surface area contributed by atoms with Crippen LogP contribution in [0.25, 0.3) is 44.1 Å². The standard InChI is InChI=1S/C27H32FN3O6S.C22H24FN3O4S.ClH/c1-17-24(18-8-7-9-21(14-18)38(35,36)30(5)6)22-15-19(25(32)33)10-11-23(22)31(17)16-20(28)12-13-29-26(34)37-27(2,3)4;1-14-21(15-5-4-6-18(11-15)31(29,30)25(2)3)19-12-16(22(27)28)7-8-20(19)26(14)13-17(23)9-10-24;/h7-12,14-15H,13,16H2,1-6H3,(H,29,34)(H,32,33);4-9,11-12H,10,13,24H2,1-3H3,(H,27,28);1H/b20-12-;17-9-;. The molecule has 0 aliphatic heterocycles. The van der Waals surface area contributed by atoms with E-state index in [2.05, 4.69) is 5.32 Å². The number of carboxylic acid groups (broad SMARTS) is 2. The van der Waals surface area contributed by atoms with Gasteiger partial charge < -0.3 is 35.1 Å². The quantitative estimate of drug-likeness (QED) is 0.0761. The number of benzene rings is 4. The fourth-order valence-corrected chi connectivity index (χ4v) is 9.43. The first-order valence-corrected chi connectivity index (χ1v) is 24.2. The summed E-state index contributed by atoms with van der Waals surface area (Å²) in [6.45, 7) is 8.45. The molecule has 16 nitrogen and oxygen atoms in total. The summed E-state index contributed by atoms with van der Waals surface area (Å²) in [5.41, 5.74) is 9.76. The van der Waals surface area contributed by atoms with Crippen molar-refractivity contribution in [1.82, 2.24) is 23.1 Å². The Bertz CT molecular complexity index is 3250. The maximum absolute atomic E-state index is 15.0. The first-order chi connectivity index (χ1) is 32.2. The normalized spacial score (nSPS) is 12.5. The van der Waals surface area contributed by atoms with Gasteiger partial charge in [0.05, 0.1) is 34.0 Å². The Morgan fingerprint density at radius 3 is 1.44 bits per heavy atom. The van der Waals surface area contributed by atoms with Gasteiger partial charge in [0.1, 0.15) is 17.3 Å². The summed E-state index contributed by atoms with van der Waals surface area (Å²) in [6, 6.07) is 21.9. The molecule has 0 unspecified atom stereocenters. The van der Waals surface area contributed by atoms with Crippen LogP contribution in [0.2, 0.25) is 0 Å². The highest BCUT2D eigenvalue weighted by Crippen LogP contribution is 2.39. The van der Waals surface area contributed by atoms with E-state index in [1.807, 2.05) is 0 Å². The number of aromatic carboxylic acids is 2. The number of nitrogens with zero attached hydrogens (tertiary/aromatic N) is 4. The van der Waals surface area contributed by atoms with E-state index in [1.54, 1.807) is 86.2 Å². The Morgan fingerprint density at radius 2 is 1.09 bits per heavy atom. The SMILES string of the molecule is Cc1c(-c2cccc(S(=O)(=O)N(C)C)c2)c2cc(C(=O)O)ccc2n1C/C(F)=C/CN.Cc1c(-c2cccc(S(=O)(=O)N(C)C)c2)c2cc(C(=O)O)ccc2n1C/C(F)=C/CNC(=O)OC(C)(C)C.Cl. The van der Waals surface area contributed by atoms with Gasteiger partial charge >= 0.3 is 18.0 Å². The number of allylic oxidation sites excluding steroid dienone is 2. The third-order valence-corrected chi connectivity index (χ3v) is 14.5. The van der Waals surface area contributed by atoms with Crippen molar-refractivity contribution in [2.24, 2.45) is 5.73 Å². The topological polar surface area (TPSA) is 224 Å². The van der Waals surface area contributed by atoms with Crippen molar-refractivity contribution in [3.05, 3.63) is 131 Å². The highest BCUT2D eigenvalue weighted by molar-refractivity contribution is 7.89. The number of halogens is 3. The van der Waals surface area contributed by atoms with Crippen LogP contribution < -0.4 is 11.1 Å². The van der Waals surface area contributed by atoms with Crippen molar-refractivity contribution < 1.29 is 54.9 Å². The van der Waals surface area contributed by atoms with Crippen LogP contribution in [0.1, 0.15) is 52.9 Å². The minimum absolute atomic E-state index is 0. The highest BCUT2D eigenvalue weighted by Gasteiger charge is 2.24. The molecule has 70 heavy (non-hydrogen) atoms. The monoisotopic (exact) mass is 1030 g/mol. The molecule has 0 aliphatic carbocycles. The van der Waals surface area contributed by atoms with E-state index in [-0.39, 0.29) is 59.5 Å². The second kappa shape index (κ2) is 22.6. The summed E-state index contributed by atoms with van der Waals surface area (Å²) < 4.78 is 90.7. The minimum atomic E-state index is -3.72. The van der Waals surface area contributed by atoms with Gasteiger partial charge in [0, 0.05) is 85.6 Å². The van der Waals surface area contributed by atoms with Crippen molar-refractivity contribution in [3.8, 4) is 22.3 Å². The van der Waals surface area contributed by atoms with E-state index >= 15 is 0 Å². The number of aromatic nitrogens is 2. The first-order valence-electron chi connectivity index (χ1n) is 21.3. The van der Waals surface area contributed by atoms with Gasteiger partial charge in [-0.2, -0.15) is 0 Å². The zero-order valence-electron chi connectivity index (χ0n) is 40.1. The molecule has 2 heterocycles. The summed E-state index contributed by atoms with van der Waals surface area (Å²) in [5, 5.41) is 22.6. The molecule has 0 aliphatic rings. The number of nitrogens with one attached hydrogen (secondary N) is 1. The first kappa shape index (κ1) is 56.2. The van der Waals surface area contributed by atoms with Gasteiger partial charge in [-0.05, 0) is 119 Å². The molecule has 0 bridgehead atoms. The molecule has 6 rings (SSSR count). The molecule has 5 N–H and O–H groups in total. The van der Waals surface area contributed by atoms with Crippen LogP contribution in [-0.2, 0) is 37.9 Å². The Kier molecular flexibility index (Phi) is 18.1.